The number of likely N-dealkylation sites (tertiary alicyclic amines) is 1. The van der Waals surface area contributed by atoms with Gasteiger partial charge in [-0.15, -0.1) is 0 Å². The van der Waals surface area contributed by atoms with Crippen molar-refractivity contribution in [2.24, 2.45) is 0 Å². The Morgan fingerprint density at radius 1 is 1.45 bits per heavy atom. The van der Waals surface area contributed by atoms with Crippen LogP contribution in [-0.4, -0.2) is 45.0 Å². The first-order valence-electron chi connectivity index (χ1n) is 7.55. The molecule has 1 atom stereocenters. The summed E-state index contributed by atoms with van der Waals surface area (Å²) in [5.41, 5.74) is 0.928. The molecule has 3 rings (SSSR count). The molecule has 0 radical (unpaired) electrons. The summed E-state index contributed by atoms with van der Waals surface area (Å²) in [6.45, 7) is 3.47. The van der Waals surface area contributed by atoms with Gasteiger partial charge in [0.1, 0.15) is 5.75 Å². The molecule has 2 heterocycles. The van der Waals surface area contributed by atoms with E-state index in [4.69, 9.17) is 4.74 Å². The monoisotopic (exact) mass is 324 g/mol. The van der Waals surface area contributed by atoms with Crippen LogP contribution in [0, 0.1) is 0 Å². The van der Waals surface area contributed by atoms with Gasteiger partial charge >= 0.3 is 0 Å². The maximum atomic E-state index is 12.5. The van der Waals surface area contributed by atoms with Gasteiger partial charge in [0.15, 0.2) is 0 Å². The number of amides is 1. The number of nitrogens with one attached hydrogen (secondary N) is 1. The van der Waals surface area contributed by atoms with Gasteiger partial charge in [-0.2, -0.15) is 0 Å². The van der Waals surface area contributed by atoms with Gasteiger partial charge in [0.2, 0.25) is 15.9 Å². The first kappa shape index (κ1) is 15.3. The largest absolute Gasteiger partial charge is 0.493 e. The molecule has 6 nitrogen and oxygen atoms in total. The predicted molar refractivity (Wildman–Crippen MR) is 81.2 cm³/mol. The first-order valence-corrected chi connectivity index (χ1v) is 9.04. The van der Waals surface area contributed by atoms with Crippen LogP contribution in [0.1, 0.15) is 25.3 Å². The SMILES string of the molecule is CCC(=O)N1CCC(NS(=O)(=O)c2ccc3c(c2)CCO3)C1. The molecule has 1 fully saturated rings. The van der Waals surface area contributed by atoms with Crippen LogP contribution in [0.15, 0.2) is 23.1 Å². The number of carbonyl (C=O) groups is 1. The zero-order chi connectivity index (χ0) is 15.7. The van der Waals surface area contributed by atoms with Crippen LogP contribution >= 0.6 is 0 Å². The van der Waals surface area contributed by atoms with Crippen molar-refractivity contribution >= 4 is 15.9 Å². The summed E-state index contributed by atoms with van der Waals surface area (Å²) < 4.78 is 33.1. The van der Waals surface area contributed by atoms with Crippen molar-refractivity contribution in [3.05, 3.63) is 23.8 Å². The molecule has 0 spiro atoms. The average molecular weight is 324 g/mol. The Morgan fingerprint density at radius 2 is 2.27 bits per heavy atom. The van der Waals surface area contributed by atoms with Crippen molar-refractivity contribution in [3.8, 4) is 5.75 Å². The van der Waals surface area contributed by atoms with Crippen LogP contribution < -0.4 is 9.46 Å². The molecule has 120 valence electrons. The van der Waals surface area contributed by atoms with Gasteiger partial charge in [-0.05, 0) is 30.2 Å². The molecule has 1 amide bonds. The minimum Gasteiger partial charge on any atom is -0.493 e. The Bertz CT molecular complexity index is 687. The van der Waals surface area contributed by atoms with Crippen LogP contribution in [0.3, 0.4) is 0 Å². The van der Waals surface area contributed by atoms with Crippen molar-refractivity contribution in [3.63, 3.8) is 0 Å². The fourth-order valence-electron chi connectivity index (χ4n) is 2.92. The highest BCUT2D eigenvalue weighted by atomic mass is 32.2. The van der Waals surface area contributed by atoms with E-state index in [1.807, 2.05) is 6.92 Å². The summed E-state index contributed by atoms with van der Waals surface area (Å²) in [6.07, 6.45) is 1.84. The summed E-state index contributed by atoms with van der Waals surface area (Å²) in [4.78, 5) is 13.6. The van der Waals surface area contributed by atoms with Gasteiger partial charge < -0.3 is 9.64 Å². The average Bonchev–Trinajstić information content (AvgIpc) is 3.13. The highest BCUT2D eigenvalue weighted by Gasteiger charge is 2.29. The van der Waals surface area contributed by atoms with Crippen LogP contribution in [-0.2, 0) is 21.2 Å². The third kappa shape index (κ3) is 2.96. The first-order chi connectivity index (χ1) is 10.5. The quantitative estimate of drug-likeness (QED) is 0.893. The van der Waals surface area contributed by atoms with Gasteiger partial charge in [-0.3, -0.25) is 4.79 Å². The van der Waals surface area contributed by atoms with E-state index in [-0.39, 0.29) is 16.8 Å². The molecule has 1 unspecified atom stereocenters. The van der Waals surface area contributed by atoms with Gasteiger partial charge in [-0.25, -0.2) is 13.1 Å². The molecule has 0 aliphatic carbocycles. The molecule has 1 aromatic carbocycles. The molecular formula is C15H20N2O4S. The number of rotatable bonds is 4. The number of sulfonamides is 1. The second-order valence-electron chi connectivity index (χ2n) is 5.67. The Hall–Kier alpha value is -1.60. The highest BCUT2D eigenvalue weighted by molar-refractivity contribution is 7.89. The molecule has 0 saturated carbocycles. The number of fused-ring (bicyclic) bond motifs is 1. The summed E-state index contributed by atoms with van der Waals surface area (Å²) in [6, 6.07) is 4.73. The predicted octanol–water partition coefficient (Wildman–Crippen LogP) is 0.911. The highest BCUT2D eigenvalue weighted by Crippen LogP contribution is 2.27. The Kier molecular flexibility index (Phi) is 4.10. The van der Waals surface area contributed by atoms with E-state index in [1.54, 1.807) is 23.1 Å². The molecule has 2 aliphatic rings. The van der Waals surface area contributed by atoms with Gasteiger partial charge in [0.25, 0.3) is 0 Å². The van der Waals surface area contributed by atoms with Crippen molar-refractivity contribution in [2.75, 3.05) is 19.7 Å². The fourth-order valence-corrected chi connectivity index (χ4v) is 4.24. The number of benzene rings is 1. The van der Waals surface area contributed by atoms with Crippen LogP contribution in [0.25, 0.3) is 0 Å². The lowest BCUT2D eigenvalue weighted by molar-refractivity contribution is -0.129. The molecule has 7 heteroatoms. The molecule has 1 aromatic rings. The number of hydrogen-bond donors (Lipinski definition) is 1. The number of nitrogens with zero attached hydrogens (tertiary/aromatic N) is 1. The zero-order valence-electron chi connectivity index (χ0n) is 12.5. The van der Waals surface area contributed by atoms with Crippen LogP contribution in [0.4, 0.5) is 0 Å². The van der Waals surface area contributed by atoms with Crippen molar-refractivity contribution in [1.29, 1.82) is 0 Å². The Morgan fingerprint density at radius 3 is 3.05 bits per heavy atom. The van der Waals surface area contributed by atoms with Crippen molar-refractivity contribution in [2.45, 2.75) is 37.1 Å². The number of hydrogen-bond acceptors (Lipinski definition) is 4. The lowest BCUT2D eigenvalue weighted by Gasteiger charge is -2.16. The molecule has 22 heavy (non-hydrogen) atoms. The molecular weight excluding hydrogens is 304 g/mol. The van der Waals surface area contributed by atoms with E-state index in [0.717, 1.165) is 17.7 Å². The summed E-state index contributed by atoms with van der Waals surface area (Å²) in [7, 11) is -3.56. The third-order valence-corrected chi connectivity index (χ3v) is 5.65. The Balaban J connectivity index is 1.71. The zero-order valence-corrected chi connectivity index (χ0v) is 13.4. The topological polar surface area (TPSA) is 75.7 Å². The summed E-state index contributed by atoms with van der Waals surface area (Å²) in [5.74, 6) is 0.830. The number of carbonyl (C=O) groups excluding carboxylic acids is 1. The van der Waals surface area contributed by atoms with Gasteiger partial charge in [0, 0.05) is 32.0 Å². The molecule has 0 bridgehead atoms. The standard InChI is InChI=1S/C15H20N2O4S/c1-2-15(18)17-7-5-12(10-17)16-22(19,20)13-3-4-14-11(9-13)6-8-21-14/h3-4,9,12,16H,2,5-8,10H2,1H3. The third-order valence-electron chi connectivity index (χ3n) is 4.14. The lowest BCUT2D eigenvalue weighted by atomic mass is 10.2. The van der Waals surface area contributed by atoms with E-state index in [2.05, 4.69) is 4.72 Å². The smallest absolute Gasteiger partial charge is 0.240 e. The maximum absolute atomic E-state index is 12.5. The lowest BCUT2D eigenvalue weighted by Crippen LogP contribution is -2.38. The maximum Gasteiger partial charge on any atom is 0.240 e. The number of ether oxygens (including phenoxy) is 1. The van der Waals surface area contributed by atoms with E-state index >= 15 is 0 Å². The minimum atomic E-state index is -3.56. The van der Waals surface area contributed by atoms with Crippen molar-refractivity contribution in [1.82, 2.24) is 9.62 Å². The van der Waals surface area contributed by atoms with E-state index in [9.17, 15) is 13.2 Å². The van der Waals surface area contributed by atoms with Crippen molar-refractivity contribution < 1.29 is 17.9 Å². The minimum absolute atomic E-state index is 0.0661. The normalized spacial score (nSPS) is 20.8. The van der Waals surface area contributed by atoms with Gasteiger partial charge in [0.05, 0.1) is 11.5 Å². The second kappa shape index (κ2) is 5.89. The second-order valence-corrected chi connectivity index (χ2v) is 7.38. The van der Waals surface area contributed by atoms with Gasteiger partial charge in [-0.1, -0.05) is 6.92 Å². The van der Waals surface area contributed by atoms with Crippen LogP contribution in [0.2, 0.25) is 0 Å². The van der Waals surface area contributed by atoms with Crippen LogP contribution in [0.5, 0.6) is 5.75 Å². The van der Waals surface area contributed by atoms with E-state index in [1.165, 1.54) is 0 Å². The summed E-state index contributed by atoms with van der Waals surface area (Å²) in [5, 5.41) is 0. The summed E-state index contributed by atoms with van der Waals surface area (Å²) >= 11 is 0. The fraction of sp³-hybridized carbons (Fsp3) is 0.533. The molecule has 1 N–H and O–H groups in total. The van der Waals surface area contributed by atoms with E-state index in [0.29, 0.717) is 32.5 Å². The van der Waals surface area contributed by atoms with E-state index < -0.39 is 10.0 Å². The molecule has 0 aromatic heterocycles. The molecule has 1 saturated heterocycles. The Labute approximate surface area is 130 Å². The molecule has 2 aliphatic heterocycles.